The largest absolute Gasteiger partial charge is 0.337 e. The Balaban J connectivity index is 2.41. The van der Waals surface area contributed by atoms with Crippen molar-refractivity contribution < 1.29 is 0 Å². The van der Waals surface area contributed by atoms with Crippen molar-refractivity contribution in [1.29, 1.82) is 0 Å². The Morgan fingerprint density at radius 1 is 1.60 bits per heavy atom. The van der Waals surface area contributed by atoms with Crippen molar-refractivity contribution in [3.05, 3.63) is 40.1 Å². The molecular weight excluding hydrogens is 206 g/mol. The van der Waals surface area contributed by atoms with E-state index in [1.54, 1.807) is 11.3 Å². The van der Waals surface area contributed by atoms with Crippen molar-refractivity contribution in [2.75, 3.05) is 6.54 Å². The Hall–Kier alpha value is -1.13. The van der Waals surface area contributed by atoms with E-state index in [1.807, 2.05) is 24.0 Å². The fraction of sp³-hybridized carbons (Fsp3) is 0.364. The van der Waals surface area contributed by atoms with Crippen LogP contribution in [0.15, 0.2) is 23.8 Å². The predicted octanol–water partition coefficient (Wildman–Crippen LogP) is 1.88. The molecule has 0 aliphatic rings. The molecule has 2 aromatic heterocycles. The van der Waals surface area contributed by atoms with Crippen molar-refractivity contribution in [3.8, 4) is 0 Å². The van der Waals surface area contributed by atoms with E-state index in [9.17, 15) is 0 Å². The molecular formula is C11H15N3S. The van der Waals surface area contributed by atoms with Crippen molar-refractivity contribution in [2.45, 2.75) is 12.8 Å². The lowest BCUT2D eigenvalue weighted by Crippen LogP contribution is -2.17. The number of aromatic nitrogens is 2. The van der Waals surface area contributed by atoms with Crippen molar-refractivity contribution in [3.63, 3.8) is 0 Å². The number of nitrogens with two attached hydrogens (primary N) is 1. The smallest absolute Gasteiger partial charge is 0.118 e. The maximum Gasteiger partial charge on any atom is 0.118 e. The fourth-order valence-electron chi connectivity index (χ4n) is 1.78. The monoisotopic (exact) mass is 221 g/mol. The predicted molar refractivity (Wildman–Crippen MR) is 63.2 cm³/mol. The first-order valence-electron chi connectivity index (χ1n) is 4.95. The maximum absolute atomic E-state index is 5.85. The number of rotatable bonds is 3. The van der Waals surface area contributed by atoms with Crippen LogP contribution < -0.4 is 5.73 Å². The normalized spacial score (nSPS) is 13.0. The van der Waals surface area contributed by atoms with E-state index in [-0.39, 0.29) is 5.92 Å². The van der Waals surface area contributed by atoms with Gasteiger partial charge < -0.3 is 10.3 Å². The Kier molecular flexibility index (Phi) is 2.88. The molecule has 2 heterocycles. The number of imidazole rings is 1. The number of thiophene rings is 1. The van der Waals surface area contributed by atoms with Crippen LogP contribution in [0.1, 0.15) is 22.2 Å². The topological polar surface area (TPSA) is 43.8 Å². The number of aryl methyl sites for hydroxylation is 2. The summed E-state index contributed by atoms with van der Waals surface area (Å²) in [6, 6.07) is 2.13. The van der Waals surface area contributed by atoms with Gasteiger partial charge in [0.1, 0.15) is 5.82 Å². The molecule has 0 saturated carbocycles. The summed E-state index contributed by atoms with van der Waals surface area (Å²) in [5.74, 6) is 1.27. The van der Waals surface area contributed by atoms with E-state index >= 15 is 0 Å². The zero-order valence-electron chi connectivity index (χ0n) is 8.97. The summed E-state index contributed by atoms with van der Waals surface area (Å²) in [7, 11) is 2.01. The minimum atomic E-state index is 0.227. The van der Waals surface area contributed by atoms with Crippen LogP contribution in [0.4, 0.5) is 0 Å². The molecule has 0 fully saturated rings. The Morgan fingerprint density at radius 3 is 2.87 bits per heavy atom. The van der Waals surface area contributed by atoms with Gasteiger partial charge in [0, 0.05) is 30.9 Å². The lowest BCUT2D eigenvalue weighted by molar-refractivity contribution is 0.704. The third-order valence-corrected chi connectivity index (χ3v) is 3.76. The lowest BCUT2D eigenvalue weighted by atomic mass is 10.0. The molecule has 2 aromatic rings. The second-order valence-corrected chi connectivity index (χ2v) is 4.60. The number of nitrogens with zero attached hydrogens (tertiary/aromatic N) is 2. The minimum Gasteiger partial charge on any atom is -0.337 e. The summed E-state index contributed by atoms with van der Waals surface area (Å²) in [6.45, 7) is 2.73. The average Bonchev–Trinajstić information content (AvgIpc) is 2.80. The van der Waals surface area contributed by atoms with E-state index in [0.29, 0.717) is 6.54 Å². The molecule has 3 nitrogen and oxygen atoms in total. The lowest BCUT2D eigenvalue weighted by Gasteiger charge is -2.14. The van der Waals surface area contributed by atoms with E-state index < -0.39 is 0 Å². The highest BCUT2D eigenvalue weighted by Crippen LogP contribution is 2.29. The van der Waals surface area contributed by atoms with Crippen LogP contribution in [0.5, 0.6) is 0 Å². The van der Waals surface area contributed by atoms with Gasteiger partial charge in [-0.3, -0.25) is 0 Å². The van der Waals surface area contributed by atoms with Gasteiger partial charge in [0.15, 0.2) is 0 Å². The zero-order chi connectivity index (χ0) is 10.8. The summed E-state index contributed by atoms with van der Waals surface area (Å²) in [4.78, 5) is 5.70. The first-order valence-corrected chi connectivity index (χ1v) is 5.83. The third kappa shape index (κ3) is 1.82. The van der Waals surface area contributed by atoms with Gasteiger partial charge in [-0.2, -0.15) is 0 Å². The highest BCUT2D eigenvalue weighted by molar-refractivity contribution is 7.10. The molecule has 1 atom stereocenters. The molecule has 0 bridgehead atoms. The van der Waals surface area contributed by atoms with E-state index in [0.717, 1.165) is 5.82 Å². The van der Waals surface area contributed by atoms with E-state index in [1.165, 1.54) is 10.4 Å². The van der Waals surface area contributed by atoms with Crippen molar-refractivity contribution in [2.24, 2.45) is 12.8 Å². The van der Waals surface area contributed by atoms with Crippen LogP contribution in [-0.2, 0) is 7.05 Å². The fourth-order valence-corrected chi connectivity index (χ4v) is 2.82. The van der Waals surface area contributed by atoms with Gasteiger partial charge in [-0.1, -0.05) is 0 Å². The zero-order valence-corrected chi connectivity index (χ0v) is 9.79. The highest BCUT2D eigenvalue weighted by atomic mass is 32.1. The Morgan fingerprint density at radius 2 is 2.40 bits per heavy atom. The summed E-state index contributed by atoms with van der Waals surface area (Å²) >= 11 is 1.76. The van der Waals surface area contributed by atoms with Gasteiger partial charge in [-0.05, 0) is 23.9 Å². The third-order valence-electron chi connectivity index (χ3n) is 2.62. The molecule has 0 aliphatic heterocycles. The summed E-state index contributed by atoms with van der Waals surface area (Å²) in [5.41, 5.74) is 7.15. The molecule has 2 rings (SSSR count). The van der Waals surface area contributed by atoms with E-state index in [4.69, 9.17) is 5.73 Å². The first kappa shape index (κ1) is 10.4. The summed E-state index contributed by atoms with van der Waals surface area (Å²) in [5, 5.41) is 2.11. The van der Waals surface area contributed by atoms with Crippen LogP contribution in [0.2, 0.25) is 0 Å². The molecule has 0 aromatic carbocycles. The molecule has 15 heavy (non-hydrogen) atoms. The van der Waals surface area contributed by atoms with Gasteiger partial charge in [-0.25, -0.2) is 4.98 Å². The van der Waals surface area contributed by atoms with E-state index in [2.05, 4.69) is 23.4 Å². The van der Waals surface area contributed by atoms with Crippen LogP contribution >= 0.6 is 11.3 Å². The second-order valence-electron chi connectivity index (χ2n) is 3.65. The average molecular weight is 221 g/mol. The van der Waals surface area contributed by atoms with Crippen LogP contribution in [0, 0.1) is 6.92 Å². The van der Waals surface area contributed by atoms with Crippen LogP contribution in [-0.4, -0.2) is 16.1 Å². The number of hydrogen-bond acceptors (Lipinski definition) is 3. The Bertz CT molecular complexity index is 404. The highest BCUT2D eigenvalue weighted by Gasteiger charge is 2.19. The van der Waals surface area contributed by atoms with Crippen molar-refractivity contribution in [1.82, 2.24) is 9.55 Å². The summed E-state index contributed by atoms with van der Waals surface area (Å²) in [6.07, 6.45) is 3.78. The van der Waals surface area contributed by atoms with Gasteiger partial charge in [0.2, 0.25) is 0 Å². The molecule has 0 radical (unpaired) electrons. The molecule has 0 aliphatic carbocycles. The Labute approximate surface area is 93.6 Å². The minimum absolute atomic E-state index is 0.227. The molecule has 0 amide bonds. The first-order chi connectivity index (χ1) is 7.24. The maximum atomic E-state index is 5.85. The van der Waals surface area contributed by atoms with Crippen LogP contribution in [0.25, 0.3) is 0 Å². The molecule has 2 N–H and O–H groups in total. The quantitative estimate of drug-likeness (QED) is 0.860. The van der Waals surface area contributed by atoms with Gasteiger partial charge >= 0.3 is 0 Å². The van der Waals surface area contributed by atoms with Gasteiger partial charge in [0.25, 0.3) is 0 Å². The van der Waals surface area contributed by atoms with Gasteiger partial charge in [0.05, 0.1) is 5.92 Å². The standard InChI is InChI=1S/C11H15N3S/c1-8-3-6-15-10(8)9(7-12)11-13-4-5-14(11)2/h3-6,9H,7,12H2,1-2H3. The molecule has 4 heteroatoms. The molecule has 0 spiro atoms. The molecule has 80 valence electrons. The molecule has 1 unspecified atom stereocenters. The summed E-state index contributed by atoms with van der Waals surface area (Å²) < 4.78 is 2.04. The second kappa shape index (κ2) is 4.16. The van der Waals surface area contributed by atoms with Crippen LogP contribution in [0.3, 0.4) is 0 Å². The SMILES string of the molecule is Cc1ccsc1C(CN)c1nccn1C. The molecule has 0 saturated heterocycles. The number of hydrogen-bond donors (Lipinski definition) is 1. The van der Waals surface area contributed by atoms with Gasteiger partial charge in [-0.15, -0.1) is 11.3 Å². The van der Waals surface area contributed by atoms with Crippen molar-refractivity contribution >= 4 is 11.3 Å².